The lowest BCUT2D eigenvalue weighted by atomic mass is 10.1. The predicted octanol–water partition coefficient (Wildman–Crippen LogP) is 2.75. The molecule has 3 N–H and O–H groups in total. The van der Waals surface area contributed by atoms with E-state index in [4.69, 9.17) is 15.2 Å². The Labute approximate surface area is 143 Å². The number of carbonyl (C=O) groups is 2. The van der Waals surface area contributed by atoms with Crippen molar-refractivity contribution in [3.05, 3.63) is 35.9 Å². The number of hydrogen-bond acceptors (Lipinski definition) is 5. The first kappa shape index (κ1) is 20.0. The molecule has 1 amide bonds. The first-order chi connectivity index (χ1) is 11.3. The second-order valence-electron chi connectivity index (χ2n) is 6.62. The Balaban J connectivity index is 2.11. The van der Waals surface area contributed by atoms with Gasteiger partial charge in [0.15, 0.2) is 0 Å². The average molecular weight is 336 g/mol. The molecule has 0 aliphatic rings. The Bertz CT molecular complexity index is 512. The summed E-state index contributed by atoms with van der Waals surface area (Å²) in [6, 6.07) is 8.82. The molecular weight excluding hydrogens is 308 g/mol. The van der Waals surface area contributed by atoms with Crippen LogP contribution in [0.1, 0.15) is 45.6 Å². The third kappa shape index (κ3) is 9.15. The van der Waals surface area contributed by atoms with Gasteiger partial charge in [-0.25, -0.2) is 4.79 Å². The summed E-state index contributed by atoms with van der Waals surface area (Å²) in [6.45, 7) is 6.15. The first-order valence-corrected chi connectivity index (χ1v) is 8.21. The first-order valence-electron chi connectivity index (χ1n) is 8.21. The molecule has 0 unspecified atom stereocenters. The third-order valence-electron chi connectivity index (χ3n) is 3.14. The molecule has 0 saturated heterocycles. The van der Waals surface area contributed by atoms with Gasteiger partial charge >= 0.3 is 12.1 Å². The Hall–Kier alpha value is -2.08. The maximum atomic E-state index is 11.8. The molecule has 0 aromatic heterocycles. The molecule has 1 aromatic carbocycles. The SMILES string of the molecule is CC(C)(C)OC(=O)NCCCC[C@@H](N)C(=O)OCc1ccccc1. The molecule has 0 saturated carbocycles. The van der Waals surface area contributed by atoms with Crippen LogP contribution in [0.2, 0.25) is 0 Å². The zero-order valence-corrected chi connectivity index (χ0v) is 14.7. The summed E-state index contributed by atoms with van der Waals surface area (Å²) < 4.78 is 10.3. The number of benzene rings is 1. The lowest BCUT2D eigenvalue weighted by molar-refractivity contribution is -0.146. The van der Waals surface area contributed by atoms with Crippen LogP contribution in [-0.2, 0) is 20.9 Å². The average Bonchev–Trinajstić information content (AvgIpc) is 2.51. The summed E-state index contributed by atoms with van der Waals surface area (Å²) in [5, 5.41) is 2.67. The van der Waals surface area contributed by atoms with Gasteiger partial charge in [0.1, 0.15) is 18.2 Å². The fraction of sp³-hybridized carbons (Fsp3) is 0.556. The van der Waals surface area contributed by atoms with Crippen molar-refractivity contribution in [1.82, 2.24) is 5.32 Å². The fourth-order valence-electron chi connectivity index (χ4n) is 1.95. The van der Waals surface area contributed by atoms with E-state index < -0.39 is 23.7 Å². The standard InChI is InChI=1S/C18H28N2O4/c1-18(2,3)24-17(22)20-12-8-7-11-15(19)16(21)23-13-14-9-5-4-6-10-14/h4-6,9-10,15H,7-8,11-13,19H2,1-3H3,(H,20,22)/t15-/m1/s1. The second kappa shape index (κ2) is 9.93. The highest BCUT2D eigenvalue weighted by Crippen LogP contribution is 2.07. The van der Waals surface area contributed by atoms with Crippen LogP contribution in [0.3, 0.4) is 0 Å². The van der Waals surface area contributed by atoms with E-state index in [1.165, 1.54) is 0 Å². The zero-order valence-electron chi connectivity index (χ0n) is 14.7. The summed E-state index contributed by atoms with van der Waals surface area (Å²) in [7, 11) is 0. The van der Waals surface area contributed by atoms with Gasteiger partial charge in [0.05, 0.1) is 0 Å². The minimum atomic E-state index is -0.643. The lowest BCUT2D eigenvalue weighted by Crippen LogP contribution is -2.34. The quantitative estimate of drug-likeness (QED) is 0.563. The van der Waals surface area contributed by atoms with Gasteiger partial charge in [-0.15, -0.1) is 0 Å². The second-order valence-corrected chi connectivity index (χ2v) is 6.62. The third-order valence-corrected chi connectivity index (χ3v) is 3.14. The van der Waals surface area contributed by atoms with Crippen LogP contribution in [0.5, 0.6) is 0 Å². The highest BCUT2D eigenvalue weighted by molar-refractivity contribution is 5.75. The molecule has 1 aromatic rings. The van der Waals surface area contributed by atoms with Crippen molar-refractivity contribution >= 4 is 12.1 Å². The number of ether oxygens (including phenoxy) is 2. The van der Waals surface area contributed by atoms with E-state index in [0.717, 1.165) is 18.4 Å². The van der Waals surface area contributed by atoms with Crippen molar-refractivity contribution in [2.45, 2.75) is 58.3 Å². The fourth-order valence-corrected chi connectivity index (χ4v) is 1.95. The van der Waals surface area contributed by atoms with E-state index >= 15 is 0 Å². The van der Waals surface area contributed by atoms with Crippen molar-refractivity contribution in [2.24, 2.45) is 5.73 Å². The number of unbranched alkanes of at least 4 members (excludes halogenated alkanes) is 1. The maximum absolute atomic E-state index is 11.8. The normalized spacial score (nSPS) is 12.3. The lowest BCUT2D eigenvalue weighted by Gasteiger charge is -2.19. The van der Waals surface area contributed by atoms with Crippen molar-refractivity contribution in [1.29, 1.82) is 0 Å². The van der Waals surface area contributed by atoms with Crippen LogP contribution in [-0.4, -0.2) is 30.3 Å². The molecular formula is C18H28N2O4. The molecule has 0 heterocycles. The number of rotatable bonds is 8. The predicted molar refractivity (Wildman–Crippen MR) is 92.3 cm³/mol. The molecule has 0 spiro atoms. The summed E-state index contributed by atoms with van der Waals surface area (Å²) in [6.07, 6.45) is 1.52. The summed E-state index contributed by atoms with van der Waals surface area (Å²) in [5.41, 5.74) is 6.25. The van der Waals surface area contributed by atoms with Gasteiger partial charge in [-0.3, -0.25) is 4.79 Å². The van der Waals surface area contributed by atoms with E-state index in [2.05, 4.69) is 5.32 Å². The van der Waals surface area contributed by atoms with E-state index in [9.17, 15) is 9.59 Å². The van der Waals surface area contributed by atoms with E-state index in [-0.39, 0.29) is 6.61 Å². The number of esters is 1. The van der Waals surface area contributed by atoms with E-state index in [1.54, 1.807) is 0 Å². The molecule has 134 valence electrons. The van der Waals surface area contributed by atoms with E-state index in [0.29, 0.717) is 13.0 Å². The molecule has 1 atom stereocenters. The molecule has 1 rings (SSSR count). The Morgan fingerprint density at radius 2 is 1.83 bits per heavy atom. The van der Waals surface area contributed by atoms with Gasteiger partial charge in [0.25, 0.3) is 0 Å². The Morgan fingerprint density at radius 3 is 2.46 bits per heavy atom. The van der Waals surface area contributed by atoms with Crippen LogP contribution in [0.25, 0.3) is 0 Å². The molecule has 0 fully saturated rings. The molecule has 0 radical (unpaired) electrons. The summed E-state index contributed by atoms with van der Waals surface area (Å²) in [4.78, 5) is 23.3. The number of carbonyl (C=O) groups excluding carboxylic acids is 2. The summed E-state index contributed by atoms with van der Waals surface area (Å²) in [5.74, 6) is -0.404. The number of nitrogens with one attached hydrogen (secondary N) is 1. The topological polar surface area (TPSA) is 90.6 Å². The molecule has 6 heteroatoms. The molecule has 0 aliphatic carbocycles. The molecule has 0 bridgehead atoms. The van der Waals surface area contributed by atoms with Gasteiger partial charge in [-0.1, -0.05) is 30.3 Å². The van der Waals surface area contributed by atoms with Crippen LogP contribution < -0.4 is 11.1 Å². The van der Waals surface area contributed by atoms with Crippen molar-refractivity contribution in [2.75, 3.05) is 6.54 Å². The summed E-state index contributed by atoms with van der Waals surface area (Å²) >= 11 is 0. The van der Waals surface area contributed by atoms with Gasteiger partial charge in [0.2, 0.25) is 0 Å². The van der Waals surface area contributed by atoms with Crippen LogP contribution in [0.15, 0.2) is 30.3 Å². The minimum Gasteiger partial charge on any atom is -0.460 e. The highest BCUT2D eigenvalue weighted by Gasteiger charge is 2.16. The zero-order chi connectivity index (χ0) is 18.0. The largest absolute Gasteiger partial charge is 0.460 e. The number of amides is 1. The number of alkyl carbamates (subject to hydrolysis) is 1. The highest BCUT2D eigenvalue weighted by atomic mass is 16.6. The molecule has 24 heavy (non-hydrogen) atoms. The van der Waals surface area contributed by atoms with Crippen LogP contribution in [0, 0.1) is 0 Å². The minimum absolute atomic E-state index is 0.230. The smallest absolute Gasteiger partial charge is 0.407 e. The maximum Gasteiger partial charge on any atom is 0.407 e. The van der Waals surface area contributed by atoms with Crippen LogP contribution >= 0.6 is 0 Å². The van der Waals surface area contributed by atoms with Crippen molar-refractivity contribution < 1.29 is 19.1 Å². The molecule has 0 aliphatic heterocycles. The van der Waals surface area contributed by atoms with Crippen LogP contribution in [0.4, 0.5) is 4.79 Å². The van der Waals surface area contributed by atoms with Gasteiger partial charge in [-0.05, 0) is 45.6 Å². The molecule has 6 nitrogen and oxygen atoms in total. The van der Waals surface area contributed by atoms with Gasteiger partial charge in [-0.2, -0.15) is 0 Å². The Morgan fingerprint density at radius 1 is 1.17 bits per heavy atom. The van der Waals surface area contributed by atoms with Gasteiger partial charge in [0, 0.05) is 6.54 Å². The van der Waals surface area contributed by atoms with Crippen molar-refractivity contribution in [3.8, 4) is 0 Å². The van der Waals surface area contributed by atoms with Crippen molar-refractivity contribution in [3.63, 3.8) is 0 Å². The number of hydrogen-bond donors (Lipinski definition) is 2. The monoisotopic (exact) mass is 336 g/mol. The van der Waals surface area contributed by atoms with E-state index in [1.807, 2.05) is 51.1 Å². The number of nitrogens with two attached hydrogens (primary N) is 1. The Kier molecular flexibility index (Phi) is 8.26. The van der Waals surface area contributed by atoms with Gasteiger partial charge < -0.3 is 20.5 Å².